The highest BCUT2D eigenvalue weighted by Gasteiger charge is 2.32. The molecule has 0 unspecified atom stereocenters. The smallest absolute Gasteiger partial charge is 0.303 e. The van der Waals surface area contributed by atoms with E-state index in [0.717, 1.165) is 16.6 Å². The minimum Gasteiger partial charge on any atom is -0.481 e. The average molecular weight is 285 g/mol. The van der Waals surface area contributed by atoms with Gasteiger partial charge < -0.3 is 15.7 Å². The number of rotatable bonds is 4. The first-order valence-electron chi connectivity index (χ1n) is 6.70. The summed E-state index contributed by atoms with van der Waals surface area (Å²) in [7, 11) is 0. The molecule has 2 aromatic rings. The summed E-state index contributed by atoms with van der Waals surface area (Å²) in [6, 6.07) is 7.53. The van der Waals surface area contributed by atoms with E-state index in [9.17, 15) is 9.59 Å². The molecule has 1 aromatic carbocycles. The number of fused-ring (bicyclic) bond motifs is 1. The van der Waals surface area contributed by atoms with Gasteiger partial charge in [-0.15, -0.1) is 0 Å². The summed E-state index contributed by atoms with van der Waals surface area (Å²) in [5, 5.41) is 9.68. The molecule has 0 radical (unpaired) electrons. The molecule has 1 amide bonds. The molecular weight excluding hydrogens is 270 g/mol. The first-order valence-corrected chi connectivity index (χ1v) is 6.70. The number of aromatic nitrogens is 1. The zero-order valence-corrected chi connectivity index (χ0v) is 11.3. The van der Waals surface area contributed by atoms with Crippen molar-refractivity contribution < 1.29 is 14.7 Å². The van der Waals surface area contributed by atoms with Gasteiger partial charge in [0.1, 0.15) is 0 Å². The fourth-order valence-corrected chi connectivity index (χ4v) is 2.78. The summed E-state index contributed by atoms with van der Waals surface area (Å²) in [5.41, 5.74) is 7.37. The van der Waals surface area contributed by atoms with Gasteiger partial charge in [0.2, 0.25) is 0 Å². The predicted molar refractivity (Wildman–Crippen MR) is 78.2 cm³/mol. The van der Waals surface area contributed by atoms with Gasteiger partial charge in [-0.2, -0.15) is 0 Å². The molecule has 1 aromatic heterocycles. The number of nitrogens with two attached hydrogens (primary N) is 1. The number of benzene rings is 1. The third-order valence-electron chi connectivity index (χ3n) is 3.75. The van der Waals surface area contributed by atoms with Crippen LogP contribution in [0, 0.1) is 5.92 Å². The molecule has 3 rings (SSSR count). The lowest BCUT2D eigenvalue weighted by molar-refractivity contribution is -0.138. The summed E-state index contributed by atoms with van der Waals surface area (Å²) in [5.74, 6) is -1.21. The van der Waals surface area contributed by atoms with Crippen molar-refractivity contribution >= 4 is 28.5 Å². The van der Waals surface area contributed by atoms with Gasteiger partial charge in [-0.3, -0.25) is 14.6 Å². The number of carbonyl (C=O) groups is 2. The van der Waals surface area contributed by atoms with E-state index < -0.39 is 11.9 Å². The highest BCUT2D eigenvalue weighted by atomic mass is 16.4. The molecule has 2 heterocycles. The molecule has 0 bridgehead atoms. The topological polar surface area (TPSA) is 96.5 Å². The van der Waals surface area contributed by atoms with E-state index in [1.54, 1.807) is 0 Å². The Balaban J connectivity index is 1.99. The Hall–Kier alpha value is -2.63. The van der Waals surface area contributed by atoms with E-state index in [1.165, 1.54) is 6.20 Å². The fourth-order valence-electron chi connectivity index (χ4n) is 2.78. The third-order valence-corrected chi connectivity index (χ3v) is 3.75. The number of para-hydroxylation sites is 1. The predicted octanol–water partition coefficient (Wildman–Crippen LogP) is 1.24. The zero-order chi connectivity index (χ0) is 15.0. The van der Waals surface area contributed by atoms with Gasteiger partial charge in [0.05, 0.1) is 23.2 Å². The van der Waals surface area contributed by atoms with Crippen LogP contribution in [0.2, 0.25) is 0 Å². The van der Waals surface area contributed by atoms with Crippen LogP contribution >= 0.6 is 0 Å². The van der Waals surface area contributed by atoms with Gasteiger partial charge >= 0.3 is 5.97 Å². The number of hydrogen-bond acceptors (Lipinski definition) is 4. The number of nitrogens with zero attached hydrogens (tertiary/aromatic N) is 2. The number of amides is 1. The lowest BCUT2D eigenvalue weighted by Gasteiger charge is -2.41. The molecule has 0 saturated carbocycles. The molecule has 6 heteroatoms. The SMILES string of the molecule is NC(=O)c1cnc2ccccc2c1N1CC(CC(=O)O)C1. The molecule has 1 aliphatic rings. The van der Waals surface area contributed by atoms with Crippen molar-refractivity contribution in [2.75, 3.05) is 18.0 Å². The van der Waals surface area contributed by atoms with Crippen LogP contribution in [0.3, 0.4) is 0 Å². The van der Waals surface area contributed by atoms with E-state index >= 15 is 0 Å². The maximum atomic E-state index is 11.6. The Bertz CT molecular complexity index is 723. The maximum absolute atomic E-state index is 11.6. The number of aliphatic carboxylic acids is 1. The number of carbonyl (C=O) groups excluding carboxylic acids is 1. The second-order valence-electron chi connectivity index (χ2n) is 5.27. The molecule has 21 heavy (non-hydrogen) atoms. The molecule has 1 fully saturated rings. The van der Waals surface area contributed by atoms with E-state index in [4.69, 9.17) is 10.8 Å². The molecule has 6 nitrogen and oxygen atoms in total. The summed E-state index contributed by atoms with van der Waals surface area (Å²) in [6.07, 6.45) is 1.63. The minimum atomic E-state index is -0.797. The molecule has 3 N–H and O–H groups in total. The first kappa shape index (κ1) is 13.4. The van der Waals surface area contributed by atoms with Crippen molar-refractivity contribution in [3.8, 4) is 0 Å². The van der Waals surface area contributed by atoms with E-state index in [0.29, 0.717) is 18.7 Å². The monoisotopic (exact) mass is 285 g/mol. The Morgan fingerprint density at radius 1 is 1.33 bits per heavy atom. The molecule has 0 atom stereocenters. The number of anilines is 1. The number of pyridine rings is 1. The van der Waals surface area contributed by atoms with Crippen molar-refractivity contribution in [2.45, 2.75) is 6.42 Å². The molecular formula is C15H15N3O3. The number of carboxylic acids is 1. The standard InChI is InChI=1S/C15H15N3O3/c16-15(21)11-6-17-12-4-2-1-3-10(12)14(11)18-7-9(8-18)5-13(19)20/h1-4,6,9H,5,7-8H2,(H2,16,21)(H,19,20). The largest absolute Gasteiger partial charge is 0.481 e. The summed E-state index contributed by atoms with van der Waals surface area (Å²) in [6.45, 7) is 1.22. The van der Waals surface area contributed by atoms with Gasteiger partial charge in [0.25, 0.3) is 5.91 Å². The zero-order valence-electron chi connectivity index (χ0n) is 11.3. The van der Waals surface area contributed by atoms with Crippen LogP contribution in [0.1, 0.15) is 16.8 Å². The lowest BCUT2D eigenvalue weighted by Crippen LogP contribution is -2.48. The lowest BCUT2D eigenvalue weighted by atomic mass is 9.93. The molecule has 1 saturated heterocycles. The van der Waals surface area contributed by atoms with Gasteiger partial charge in [0.15, 0.2) is 0 Å². The molecule has 108 valence electrons. The van der Waals surface area contributed by atoms with Crippen LogP contribution in [-0.4, -0.2) is 35.1 Å². The average Bonchev–Trinajstić information content (AvgIpc) is 2.41. The van der Waals surface area contributed by atoms with Crippen molar-refractivity contribution in [1.29, 1.82) is 0 Å². The Morgan fingerprint density at radius 2 is 2.05 bits per heavy atom. The molecule has 1 aliphatic heterocycles. The van der Waals surface area contributed by atoms with Crippen LogP contribution in [0.4, 0.5) is 5.69 Å². The Labute approximate surface area is 121 Å². The van der Waals surface area contributed by atoms with Crippen LogP contribution in [0.5, 0.6) is 0 Å². The fraction of sp³-hybridized carbons (Fsp3) is 0.267. The quantitative estimate of drug-likeness (QED) is 0.881. The van der Waals surface area contributed by atoms with Gasteiger partial charge in [-0.25, -0.2) is 0 Å². The number of primary amides is 1. The Morgan fingerprint density at radius 3 is 2.71 bits per heavy atom. The highest BCUT2D eigenvalue weighted by molar-refractivity contribution is 6.06. The molecule has 0 spiro atoms. The number of hydrogen-bond donors (Lipinski definition) is 2. The summed E-state index contributed by atoms with van der Waals surface area (Å²) < 4.78 is 0. The van der Waals surface area contributed by atoms with E-state index in [-0.39, 0.29) is 12.3 Å². The highest BCUT2D eigenvalue weighted by Crippen LogP contribution is 2.34. The van der Waals surface area contributed by atoms with E-state index in [1.807, 2.05) is 29.2 Å². The first-order chi connectivity index (χ1) is 10.1. The normalized spacial score (nSPS) is 15.0. The second-order valence-corrected chi connectivity index (χ2v) is 5.27. The van der Waals surface area contributed by atoms with Gasteiger partial charge in [-0.05, 0) is 6.07 Å². The Kier molecular flexibility index (Phi) is 3.21. The number of carboxylic acid groups (broad SMARTS) is 1. The van der Waals surface area contributed by atoms with Crippen molar-refractivity contribution in [3.63, 3.8) is 0 Å². The second kappa shape index (κ2) is 5.05. The molecule has 0 aliphatic carbocycles. The van der Waals surface area contributed by atoms with Crippen molar-refractivity contribution in [2.24, 2.45) is 11.7 Å². The van der Waals surface area contributed by atoms with Crippen LogP contribution in [0.25, 0.3) is 10.9 Å². The third kappa shape index (κ3) is 2.40. The summed E-state index contributed by atoms with van der Waals surface area (Å²) in [4.78, 5) is 28.6. The van der Waals surface area contributed by atoms with Crippen LogP contribution < -0.4 is 10.6 Å². The van der Waals surface area contributed by atoms with Crippen LogP contribution in [0.15, 0.2) is 30.5 Å². The van der Waals surface area contributed by atoms with Crippen molar-refractivity contribution in [3.05, 3.63) is 36.0 Å². The minimum absolute atomic E-state index is 0.107. The van der Waals surface area contributed by atoms with E-state index in [2.05, 4.69) is 4.98 Å². The summed E-state index contributed by atoms with van der Waals surface area (Å²) >= 11 is 0. The van der Waals surface area contributed by atoms with Crippen LogP contribution in [-0.2, 0) is 4.79 Å². The van der Waals surface area contributed by atoms with Gasteiger partial charge in [0, 0.05) is 30.6 Å². The van der Waals surface area contributed by atoms with Gasteiger partial charge in [-0.1, -0.05) is 18.2 Å². The maximum Gasteiger partial charge on any atom is 0.303 e. The van der Waals surface area contributed by atoms with Crippen molar-refractivity contribution in [1.82, 2.24) is 4.98 Å².